The zero-order chi connectivity index (χ0) is 10.0. The van der Waals surface area contributed by atoms with E-state index >= 15 is 0 Å². The van der Waals surface area contributed by atoms with E-state index in [0.717, 1.165) is 17.0 Å². The van der Waals surface area contributed by atoms with Gasteiger partial charge in [-0.05, 0) is 31.4 Å². The Bertz CT molecular complexity index is 294. The molecule has 1 aromatic heterocycles. The van der Waals surface area contributed by atoms with Gasteiger partial charge in [-0.1, -0.05) is 13.8 Å². The molecule has 1 unspecified atom stereocenters. The number of nitrogens with zero attached hydrogens (tertiary/aromatic N) is 2. The van der Waals surface area contributed by atoms with Crippen LogP contribution < -0.4 is 5.73 Å². The number of aromatic nitrogens is 2. The van der Waals surface area contributed by atoms with E-state index in [1.54, 1.807) is 0 Å². The second-order valence-electron chi connectivity index (χ2n) is 3.80. The Morgan fingerprint density at radius 3 is 2.38 bits per heavy atom. The van der Waals surface area contributed by atoms with Gasteiger partial charge in [0.1, 0.15) is 0 Å². The van der Waals surface area contributed by atoms with Gasteiger partial charge in [-0.2, -0.15) is 10.2 Å². The van der Waals surface area contributed by atoms with E-state index in [2.05, 4.69) is 24.0 Å². The average Bonchev–Trinajstić information content (AvgIpc) is 2.08. The van der Waals surface area contributed by atoms with E-state index in [1.807, 2.05) is 19.9 Å². The first kappa shape index (κ1) is 10.1. The maximum Gasteiger partial charge on any atom is 0.0648 e. The lowest BCUT2D eigenvalue weighted by molar-refractivity contribution is 0.508. The molecule has 3 heteroatoms. The largest absolute Gasteiger partial charge is 0.324 e. The van der Waals surface area contributed by atoms with Gasteiger partial charge in [-0.15, -0.1) is 0 Å². The van der Waals surface area contributed by atoms with Crippen LogP contribution >= 0.6 is 0 Å². The van der Waals surface area contributed by atoms with Crippen LogP contribution in [-0.4, -0.2) is 10.2 Å². The molecule has 0 aliphatic carbocycles. The normalized spacial score (nSPS) is 13.4. The first-order valence-corrected chi connectivity index (χ1v) is 4.58. The van der Waals surface area contributed by atoms with Crippen molar-refractivity contribution in [2.75, 3.05) is 0 Å². The SMILES string of the molecule is Cc1cc(C(N)C(C)C)c(C)nn1. The third-order valence-electron chi connectivity index (χ3n) is 2.22. The summed E-state index contributed by atoms with van der Waals surface area (Å²) in [7, 11) is 0. The molecule has 0 spiro atoms. The van der Waals surface area contributed by atoms with E-state index < -0.39 is 0 Å². The summed E-state index contributed by atoms with van der Waals surface area (Å²) in [5, 5.41) is 8.03. The molecule has 0 saturated heterocycles. The summed E-state index contributed by atoms with van der Waals surface area (Å²) >= 11 is 0. The summed E-state index contributed by atoms with van der Waals surface area (Å²) in [5.74, 6) is 0.433. The van der Waals surface area contributed by atoms with Gasteiger partial charge in [-0.25, -0.2) is 0 Å². The molecule has 72 valence electrons. The van der Waals surface area contributed by atoms with Crippen LogP contribution in [0.25, 0.3) is 0 Å². The Balaban J connectivity index is 3.05. The lowest BCUT2D eigenvalue weighted by Gasteiger charge is -2.17. The van der Waals surface area contributed by atoms with Gasteiger partial charge in [-0.3, -0.25) is 0 Å². The van der Waals surface area contributed by atoms with Crippen LogP contribution in [0.5, 0.6) is 0 Å². The second kappa shape index (κ2) is 3.83. The van der Waals surface area contributed by atoms with Crippen LogP contribution in [0.2, 0.25) is 0 Å². The Morgan fingerprint density at radius 1 is 1.23 bits per heavy atom. The van der Waals surface area contributed by atoms with Crippen LogP contribution in [0.3, 0.4) is 0 Å². The first-order valence-electron chi connectivity index (χ1n) is 4.58. The minimum Gasteiger partial charge on any atom is -0.324 e. The summed E-state index contributed by atoms with van der Waals surface area (Å²) in [6.45, 7) is 8.10. The number of rotatable bonds is 2. The summed E-state index contributed by atoms with van der Waals surface area (Å²) in [6, 6.07) is 2.08. The van der Waals surface area contributed by atoms with Crippen molar-refractivity contribution < 1.29 is 0 Å². The third kappa shape index (κ3) is 2.25. The molecule has 0 aliphatic rings. The van der Waals surface area contributed by atoms with Crippen molar-refractivity contribution >= 4 is 0 Å². The topological polar surface area (TPSA) is 51.8 Å². The Hall–Kier alpha value is -0.960. The van der Waals surface area contributed by atoms with Crippen LogP contribution in [0.1, 0.15) is 36.8 Å². The standard InChI is InChI=1S/C10H17N3/c1-6(2)10(11)9-5-7(3)12-13-8(9)4/h5-6,10H,11H2,1-4H3. The highest BCUT2D eigenvalue weighted by Gasteiger charge is 2.13. The Morgan fingerprint density at radius 2 is 1.85 bits per heavy atom. The molecule has 0 aliphatic heterocycles. The van der Waals surface area contributed by atoms with Gasteiger partial charge < -0.3 is 5.73 Å². The van der Waals surface area contributed by atoms with Gasteiger partial charge in [0.15, 0.2) is 0 Å². The molecule has 1 atom stereocenters. The van der Waals surface area contributed by atoms with Gasteiger partial charge in [0.05, 0.1) is 11.4 Å². The van der Waals surface area contributed by atoms with Crippen molar-refractivity contribution in [1.82, 2.24) is 10.2 Å². The quantitative estimate of drug-likeness (QED) is 0.752. The molecule has 0 radical (unpaired) electrons. The fourth-order valence-electron chi connectivity index (χ4n) is 1.27. The van der Waals surface area contributed by atoms with Crippen LogP contribution in [0.15, 0.2) is 6.07 Å². The molecule has 0 saturated carbocycles. The smallest absolute Gasteiger partial charge is 0.0648 e. The average molecular weight is 179 g/mol. The maximum atomic E-state index is 6.04. The minimum absolute atomic E-state index is 0.0641. The fourth-order valence-corrected chi connectivity index (χ4v) is 1.27. The van der Waals surface area contributed by atoms with E-state index in [4.69, 9.17) is 5.73 Å². The highest BCUT2D eigenvalue weighted by atomic mass is 15.1. The lowest BCUT2D eigenvalue weighted by atomic mass is 9.96. The predicted molar refractivity (Wildman–Crippen MR) is 53.3 cm³/mol. The van der Waals surface area contributed by atoms with Crippen LogP contribution in [0.4, 0.5) is 0 Å². The lowest BCUT2D eigenvalue weighted by Crippen LogP contribution is -2.19. The minimum atomic E-state index is 0.0641. The third-order valence-corrected chi connectivity index (χ3v) is 2.22. The fraction of sp³-hybridized carbons (Fsp3) is 0.600. The van der Waals surface area contributed by atoms with Crippen LogP contribution in [0, 0.1) is 19.8 Å². The summed E-state index contributed by atoms with van der Waals surface area (Å²) in [6.07, 6.45) is 0. The molecular weight excluding hydrogens is 162 g/mol. The summed E-state index contributed by atoms with van der Waals surface area (Å²) < 4.78 is 0. The molecule has 0 bridgehead atoms. The highest BCUT2D eigenvalue weighted by molar-refractivity contribution is 5.23. The van der Waals surface area contributed by atoms with E-state index in [-0.39, 0.29) is 6.04 Å². The Kier molecular flexibility index (Phi) is 2.98. The molecule has 1 rings (SSSR count). The van der Waals surface area contributed by atoms with Crippen molar-refractivity contribution in [3.8, 4) is 0 Å². The molecule has 0 aromatic carbocycles. The zero-order valence-electron chi connectivity index (χ0n) is 8.70. The first-order chi connectivity index (χ1) is 6.02. The molecule has 1 aromatic rings. The van der Waals surface area contributed by atoms with E-state index in [9.17, 15) is 0 Å². The number of hydrogen-bond acceptors (Lipinski definition) is 3. The Labute approximate surface area is 79.4 Å². The number of hydrogen-bond donors (Lipinski definition) is 1. The van der Waals surface area contributed by atoms with Crippen molar-refractivity contribution in [1.29, 1.82) is 0 Å². The van der Waals surface area contributed by atoms with Crippen molar-refractivity contribution in [2.45, 2.75) is 33.7 Å². The van der Waals surface area contributed by atoms with Gasteiger partial charge in [0.25, 0.3) is 0 Å². The second-order valence-corrected chi connectivity index (χ2v) is 3.80. The van der Waals surface area contributed by atoms with Gasteiger partial charge >= 0.3 is 0 Å². The van der Waals surface area contributed by atoms with E-state index in [0.29, 0.717) is 5.92 Å². The van der Waals surface area contributed by atoms with Crippen LogP contribution in [-0.2, 0) is 0 Å². The van der Waals surface area contributed by atoms with Gasteiger partial charge in [0, 0.05) is 6.04 Å². The molecule has 0 fully saturated rings. The van der Waals surface area contributed by atoms with E-state index in [1.165, 1.54) is 0 Å². The molecule has 3 nitrogen and oxygen atoms in total. The van der Waals surface area contributed by atoms with Crippen molar-refractivity contribution in [3.05, 3.63) is 23.0 Å². The number of nitrogens with two attached hydrogens (primary N) is 1. The summed E-state index contributed by atoms with van der Waals surface area (Å²) in [4.78, 5) is 0. The molecule has 13 heavy (non-hydrogen) atoms. The zero-order valence-corrected chi connectivity index (χ0v) is 8.70. The molecule has 2 N–H and O–H groups in total. The molecule has 1 heterocycles. The molecule has 0 amide bonds. The summed E-state index contributed by atoms with van der Waals surface area (Å²) in [5.41, 5.74) is 9.02. The van der Waals surface area contributed by atoms with Gasteiger partial charge in [0.2, 0.25) is 0 Å². The highest BCUT2D eigenvalue weighted by Crippen LogP contribution is 2.20. The maximum absolute atomic E-state index is 6.04. The van der Waals surface area contributed by atoms with Crippen molar-refractivity contribution in [2.24, 2.45) is 11.7 Å². The molecular formula is C10H17N3. The van der Waals surface area contributed by atoms with Crippen molar-refractivity contribution in [3.63, 3.8) is 0 Å². The monoisotopic (exact) mass is 179 g/mol. The number of aryl methyl sites for hydroxylation is 2. The predicted octanol–water partition coefficient (Wildman–Crippen LogP) is 1.75.